The van der Waals surface area contributed by atoms with E-state index in [9.17, 15) is 14.9 Å². The Morgan fingerprint density at radius 1 is 1.22 bits per heavy atom. The van der Waals surface area contributed by atoms with Crippen LogP contribution in [0.3, 0.4) is 0 Å². The number of amides is 1. The molecule has 1 saturated heterocycles. The molecule has 1 saturated carbocycles. The van der Waals surface area contributed by atoms with Crippen LogP contribution in [0.5, 0.6) is 0 Å². The second-order valence-electron chi connectivity index (χ2n) is 5.80. The normalized spacial score (nSPS) is 20.9. The van der Waals surface area contributed by atoms with Gasteiger partial charge >= 0.3 is 0 Å². The molecule has 120 valence electrons. The number of nitrogens with zero attached hydrogens (tertiary/aromatic N) is 2. The topological polar surface area (TPSA) is 75.5 Å². The van der Waals surface area contributed by atoms with Crippen LogP contribution in [0.2, 0.25) is 0 Å². The Morgan fingerprint density at radius 3 is 2.48 bits per heavy atom. The number of nitro benzene ring substituents is 1. The summed E-state index contributed by atoms with van der Waals surface area (Å²) in [6.45, 7) is 0. The first-order valence-corrected chi connectivity index (χ1v) is 8.08. The van der Waals surface area contributed by atoms with E-state index in [0.717, 1.165) is 31.2 Å². The fourth-order valence-corrected chi connectivity index (χ4v) is 3.42. The molecule has 23 heavy (non-hydrogen) atoms. The van der Waals surface area contributed by atoms with Gasteiger partial charge in [-0.25, -0.2) is 0 Å². The van der Waals surface area contributed by atoms with Crippen molar-refractivity contribution >= 4 is 35.0 Å². The Balaban J connectivity index is 1.79. The molecule has 0 radical (unpaired) electrons. The van der Waals surface area contributed by atoms with Gasteiger partial charge < -0.3 is 5.32 Å². The van der Waals surface area contributed by atoms with Crippen molar-refractivity contribution < 1.29 is 9.72 Å². The molecule has 1 amide bonds. The second kappa shape index (κ2) is 6.45. The van der Waals surface area contributed by atoms with E-state index in [-0.39, 0.29) is 17.6 Å². The van der Waals surface area contributed by atoms with Crippen LogP contribution in [0.1, 0.15) is 37.7 Å². The molecule has 1 aromatic rings. The molecule has 1 aliphatic heterocycles. The summed E-state index contributed by atoms with van der Waals surface area (Å²) in [5.74, 6) is -0.111. The van der Waals surface area contributed by atoms with Crippen LogP contribution >= 0.6 is 12.2 Å². The van der Waals surface area contributed by atoms with Crippen molar-refractivity contribution in [2.75, 3.05) is 0 Å². The minimum atomic E-state index is -0.449. The highest BCUT2D eigenvalue weighted by atomic mass is 32.1. The highest BCUT2D eigenvalue weighted by Gasteiger charge is 2.36. The zero-order chi connectivity index (χ0) is 16.4. The highest BCUT2D eigenvalue weighted by Crippen LogP contribution is 2.27. The quantitative estimate of drug-likeness (QED) is 0.399. The van der Waals surface area contributed by atoms with E-state index >= 15 is 0 Å². The average molecular weight is 331 g/mol. The van der Waals surface area contributed by atoms with Gasteiger partial charge in [-0.15, -0.1) is 0 Å². The first kappa shape index (κ1) is 15.6. The Kier molecular flexibility index (Phi) is 4.38. The van der Waals surface area contributed by atoms with Crippen molar-refractivity contribution in [1.82, 2.24) is 10.2 Å². The summed E-state index contributed by atoms with van der Waals surface area (Å²) in [7, 11) is 0. The van der Waals surface area contributed by atoms with E-state index in [0.29, 0.717) is 10.8 Å². The summed E-state index contributed by atoms with van der Waals surface area (Å²) in [6, 6.07) is 6.25. The van der Waals surface area contributed by atoms with Crippen LogP contribution in [0, 0.1) is 10.1 Å². The SMILES string of the molecule is O=C1/C(=C\c2ccc([N+](=O)[O-])cc2)NC(=S)N1C1CCCCC1. The van der Waals surface area contributed by atoms with Crippen LogP contribution < -0.4 is 5.32 Å². The van der Waals surface area contributed by atoms with Gasteiger partial charge in [0.05, 0.1) is 4.92 Å². The molecule has 0 atom stereocenters. The van der Waals surface area contributed by atoms with Gasteiger partial charge in [-0.05, 0) is 48.8 Å². The smallest absolute Gasteiger partial charge is 0.276 e. The van der Waals surface area contributed by atoms with Crippen LogP contribution in [0.25, 0.3) is 6.08 Å². The lowest BCUT2D eigenvalue weighted by Gasteiger charge is -2.29. The maximum absolute atomic E-state index is 12.6. The molecule has 0 bridgehead atoms. The van der Waals surface area contributed by atoms with Gasteiger partial charge in [0.25, 0.3) is 11.6 Å². The Morgan fingerprint density at radius 2 is 1.87 bits per heavy atom. The van der Waals surface area contributed by atoms with Crippen LogP contribution in [0.15, 0.2) is 30.0 Å². The van der Waals surface area contributed by atoms with Gasteiger partial charge in [-0.2, -0.15) is 0 Å². The van der Waals surface area contributed by atoms with Crippen molar-refractivity contribution in [2.45, 2.75) is 38.1 Å². The first-order chi connectivity index (χ1) is 11.1. The number of non-ortho nitro benzene ring substituents is 1. The molecule has 1 N–H and O–H groups in total. The van der Waals surface area contributed by atoms with E-state index < -0.39 is 4.92 Å². The van der Waals surface area contributed by atoms with Crippen LogP contribution in [-0.4, -0.2) is 26.9 Å². The fourth-order valence-electron chi connectivity index (χ4n) is 3.08. The predicted octanol–water partition coefficient (Wildman–Crippen LogP) is 2.99. The van der Waals surface area contributed by atoms with Gasteiger partial charge in [0.15, 0.2) is 5.11 Å². The molecule has 0 spiro atoms. The number of rotatable bonds is 3. The second-order valence-corrected chi connectivity index (χ2v) is 6.19. The van der Waals surface area contributed by atoms with Gasteiger partial charge in [-0.1, -0.05) is 19.3 Å². The van der Waals surface area contributed by atoms with E-state index in [1.807, 2.05) is 0 Å². The van der Waals surface area contributed by atoms with E-state index in [1.54, 1.807) is 23.1 Å². The number of nitro groups is 1. The van der Waals surface area contributed by atoms with Gasteiger partial charge in [-0.3, -0.25) is 19.8 Å². The maximum Gasteiger partial charge on any atom is 0.276 e. The molecule has 7 heteroatoms. The summed E-state index contributed by atoms with van der Waals surface area (Å²) in [5, 5.41) is 14.1. The molecule has 2 aliphatic rings. The summed E-state index contributed by atoms with van der Waals surface area (Å²) >= 11 is 5.31. The predicted molar refractivity (Wildman–Crippen MR) is 90.5 cm³/mol. The lowest BCUT2D eigenvalue weighted by molar-refractivity contribution is -0.384. The number of hydrogen-bond acceptors (Lipinski definition) is 4. The minimum absolute atomic E-state index is 0.0252. The highest BCUT2D eigenvalue weighted by molar-refractivity contribution is 7.80. The molecular formula is C16H17N3O3S. The summed E-state index contributed by atoms with van der Waals surface area (Å²) in [6.07, 6.45) is 7.11. The van der Waals surface area contributed by atoms with Crippen LogP contribution in [0.4, 0.5) is 5.69 Å². The summed E-state index contributed by atoms with van der Waals surface area (Å²) < 4.78 is 0. The van der Waals surface area contributed by atoms with Crippen molar-refractivity contribution in [3.63, 3.8) is 0 Å². The largest absolute Gasteiger partial charge is 0.328 e. The number of carbonyl (C=O) groups excluding carboxylic acids is 1. The van der Waals surface area contributed by atoms with E-state index in [2.05, 4.69) is 5.32 Å². The number of carbonyl (C=O) groups is 1. The maximum atomic E-state index is 12.6. The van der Waals surface area contributed by atoms with Crippen molar-refractivity contribution in [2.24, 2.45) is 0 Å². The third-order valence-electron chi connectivity index (χ3n) is 4.26. The monoisotopic (exact) mass is 331 g/mol. The molecule has 1 aliphatic carbocycles. The van der Waals surface area contributed by atoms with Gasteiger partial charge in [0, 0.05) is 18.2 Å². The lowest BCUT2D eigenvalue weighted by Crippen LogP contribution is -2.41. The first-order valence-electron chi connectivity index (χ1n) is 7.67. The number of thiocarbonyl (C=S) groups is 1. The Hall–Kier alpha value is -2.28. The third kappa shape index (κ3) is 3.24. The van der Waals surface area contributed by atoms with Gasteiger partial charge in [0.1, 0.15) is 5.70 Å². The Bertz CT molecular complexity index is 678. The molecule has 2 fully saturated rings. The molecular weight excluding hydrogens is 314 g/mol. The molecule has 3 rings (SSSR count). The standard InChI is InChI=1S/C16H17N3O3S/c20-15-14(10-11-6-8-13(9-7-11)19(21)22)17-16(23)18(15)12-4-2-1-3-5-12/h6-10,12H,1-5H2,(H,17,23)/b14-10+. The molecule has 0 aromatic heterocycles. The number of nitrogens with one attached hydrogen (secondary N) is 1. The number of hydrogen-bond donors (Lipinski definition) is 1. The molecule has 1 aromatic carbocycles. The summed E-state index contributed by atoms with van der Waals surface area (Å²) in [4.78, 5) is 24.5. The lowest BCUT2D eigenvalue weighted by atomic mass is 9.94. The molecule has 6 nitrogen and oxygen atoms in total. The third-order valence-corrected chi connectivity index (χ3v) is 4.56. The zero-order valence-electron chi connectivity index (χ0n) is 12.5. The molecule has 0 unspecified atom stereocenters. The average Bonchev–Trinajstić information content (AvgIpc) is 2.82. The molecule has 1 heterocycles. The number of benzene rings is 1. The van der Waals surface area contributed by atoms with Crippen molar-refractivity contribution in [3.8, 4) is 0 Å². The van der Waals surface area contributed by atoms with E-state index in [4.69, 9.17) is 12.2 Å². The zero-order valence-corrected chi connectivity index (χ0v) is 13.3. The van der Waals surface area contributed by atoms with Crippen LogP contribution in [-0.2, 0) is 4.79 Å². The Labute approximate surface area is 139 Å². The van der Waals surface area contributed by atoms with E-state index in [1.165, 1.54) is 18.6 Å². The van der Waals surface area contributed by atoms with Crippen molar-refractivity contribution in [1.29, 1.82) is 0 Å². The van der Waals surface area contributed by atoms with Gasteiger partial charge in [0.2, 0.25) is 0 Å². The fraction of sp³-hybridized carbons (Fsp3) is 0.375. The summed E-state index contributed by atoms with van der Waals surface area (Å²) in [5.41, 5.74) is 1.17. The van der Waals surface area contributed by atoms with Crippen molar-refractivity contribution in [3.05, 3.63) is 45.6 Å². The minimum Gasteiger partial charge on any atom is -0.328 e.